The number of hydrogen-bond donors (Lipinski definition) is 0. The maximum Gasteiger partial charge on any atom is 0.111 e. The lowest BCUT2D eigenvalue weighted by Gasteiger charge is -2.18. The topological polar surface area (TPSA) is 0 Å². The van der Waals surface area contributed by atoms with Crippen LogP contribution in [0.3, 0.4) is 0 Å². The lowest BCUT2D eigenvalue weighted by molar-refractivity contribution is 0.663. The third kappa shape index (κ3) is 4.68. The Bertz CT molecular complexity index is 1630. The Balaban J connectivity index is 1.38. The Morgan fingerprint density at radius 2 is 1.26 bits per heavy atom. The van der Waals surface area contributed by atoms with Gasteiger partial charge in [-0.3, -0.25) is 0 Å². The van der Waals surface area contributed by atoms with Crippen molar-refractivity contribution in [3.8, 4) is 22.3 Å². The molecule has 39 heavy (non-hydrogen) atoms. The molecule has 1 unspecified atom stereocenters. The fourth-order valence-corrected chi connectivity index (χ4v) is 8.06. The standard InChI is InChI=1S/C38H38Si/c1-6-7-15-35-34-20-11-19-33(31-17-9-13-25(3)27(31)5)37(34)23-38(35)39-29-21-28-14-10-18-32(36(28)22-29)30-16-8-12-24(2)26(30)4/h8-14,16-20,22-23,35H,6-7,15,21H2,1-5H3. The summed E-state index contributed by atoms with van der Waals surface area (Å²) in [6.45, 7) is 11.3. The van der Waals surface area contributed by atoms with Crippen molar-refractivity contribution in [2.75, 3.05) is 0 Å². The number of unbranched alkanes of at least 4 members (excludes halogenated alkanes) is 1. The minimum absolute atomic E-state index is 0.534. The zero-order chi connectivity index (χ0) is 27.1. The van der Waals surface area contributed by atoms with E-state index in [-0.39, 0.29) is 0 Å². The van der Waals surface area contributed by atoms with Crippen LogP contribution in [0.1, 0.15) is 76.6 Å². The normalized spacial score (nSPS) is 15.7. The van der Waals surface area contributed by atoms with E-state index >= 15 is 0 Å². The summed E-state index contributed by atoms with van der Waals surface area (Å²) in [7, 11) is 0.744. The molecule has 0 spiro atoms. The van der Waals surface area contributed by atoms with Gasteiger partial charge in [0.2, 0.25) is 0 Å². The van der Waals surface area contributed by atoms with Gasteiger partial charge in [0.05, 0.1) is 0 Å². The van der Waals surface area contributed by atoms with Crippen molar-refractivity contribution in [1.29, 1.82) is 0 Å². The molecule has 0 saturated carbocycles. The molecular formula is C38H38Si. The number of fused-ring (bicyclic) bond motifs is 2. The van der Waals surface area contributed by atoms with Crippen molar-refractivity contribution < 1.29 is 0 Å². The second-order valence-corrected chi connectivity index (χ2v) is 12.9. The SMILES string of the molecule is CCCCC1C([Si]C2=Cc3c(cccc3-c3cccc(C)c3C)C2)=Cc2c(-c3cccc(C)c3C)cccc21. The molecule has 0 nitrogen and oxygen atoms in total. The van der Waals surface area contributed by atoms with E-state index in [9.17, 15) is 0 Å². The highest BCUT2D eigenvalue weighted by Gasteiger charge is 2.29. The number of benzene rings is 4. The van der Waals surface area contributed by atoms with Crippen LogP contribution in [0.5, 0.6) is 0 Å². The first-order valence-corrected chi connectivity index (χ1v) is 15.5. The molecule has 0 aromatic heterocycles. The first-order chi connectivity index (χ1) is 19.0. The zero-order valence-corrected chi connectivity index (χ0v) is 25.0. The highest BCUT2D eigenvalue weighted by molar-refractivity contribution is 6.57. The summed E-state index contributed by atoms with van der Waals surface area (Å²) in [5.41, 5.74) is 17.0. The molecule has 0 bridgehead atoms. The van der Waals surface area contributed by atoms with Crippen molar-refractivity contribution in [1.82, 2.24) is 0 Å². The van der Waals surface area contributed by atoms with E-state index in [0.29, 0.717) is 5.92 Å². The maximum absolute atomic E-state index is 2.57. The fraction of sp³-hybridized carbons (Fsp3) is 0.263. The molecule has 4 aromatic carbocycles. The van der Waals surface area contributed by atoms with E-state index in [0.717, 1.165) is 15.9 Å². The molecular weight excluding hydrogens is 485 g/mol. The van der Waals surface area contributed by atoms with E-state index in [1.165, 1.54) is 86.0 Å². The van der Waals surface area contributed by atoms with Crippen LogP contribution >= 0.6 is 0 Å². The van der Waals surface area contributed by atoms with Gasteiger partial charge in [0.15, 0.2) is 0 Å². The van der Waals surface area contributed by atoms with Gasteiger partial charge in [-0.15, -0.1) is 0 Å². The quantitative estimate of drug-likeness (QED) is 0.212. The molecule has 0 N–H and O–H groups in total. The second kappa shape index (κ2) is 10.6. The van der Waals surface area contributed by atoms with Crippen molar-refractivity contribution in [2.24, 2.45) is 0 Å². The lowest BCUT2D eigenvalue weighted by atomic mass is 9.89. The molecule has 1 heteroatoms. The van der Waals surface area contributed by atoms with Gasteiger partial charge in [0.1, 0.15) is 9.52 Å². The zero-order valence-electron chi connectivity index (χ0n) is 24.0. The smallest absolute Gasteiger partial charge is 0.0748 e. The molecule has 0 heterocycles. The highest BCUT2D eigenvalue weighted by atomic mass is 28.2. The second-order valence-electron chi connectivity index (χ2n) is 11.4. The Labute approximate surface area is 237 Å². The van der Waals surface area contributed by atoms with Gasteiger partial charge < -0.3 is 0 Å². The van der Waals surface area contributed by atoms with Crippen LogP contribution in [-0.2, 0) is 6.42 Å². The molecule has 2 aliphatic carbocycles. The summed E-state index contributed by atoms with van der Waals surface area (Å²) in [5.74, 6) is 0.534. The molecule has 0 aliphatic heterocycles. The Morgan fingerprint density at radius 3 is 1.92 bits per heavy atom. The summed E-state index contributed by atoms with van der Waals surface area (Å²) in [6.07, 6.45) is 9.93. The largest absolute Gasteiger partial charge is 0.111 e. The third-order valence-electron chi connectivity index (χ3n) is 9.03. The van der Waals surface area contributed by atoms with E-state index in [1.807, 2.05) is 0 Å². The van der Waals surface area contributed by atoms with Gasteiger partial charge in [-0.1, -0.05) is 115 Å². The maximum atomic E-state index is 2.57. The Morgan fingerprint density at radius 1 is 0.667 bits per heavy atom. The van der Waals surface area contributed by atoms with Gasteiger partial charge in [0.25, 0.3) is 0 Å². The predicted octanol–water partition coefficient (Wildman–Crippen LogP) is 10.2. The lowest BCUT2D eigenvalue weighted by Crippen LogP contribution is -2.08. The first kappa shape index (κ1) is 25.8. The Kier molecular flexibility index (Phi) is 7.04. The first-order valence-electron chi connectivity index (χ1n) is 14.5. The Hall–Kier alpha value is -3.42. The van der Waals surface area contributed by atoms with Gasteiger partial charge >= 0.3 is 0 Å². The molecule has 194 valence electrons. The van der Waals surface area contributed by atoms with E-state index in [1.54, 1.807) is 10.4 Å². The van der Waals surface area contributed by atoms with Crippen molar-refractivity contribution in [3.63, 3.8) is 0 Å². The molecule has 2 radical (unpaired) electrons. The van der Waals surface area contributed by atoms with E-state index in [2.05, 4.69) is 120 Å². The van der Waals surface area contributed by atoms with Crippen molar-refractivity contribution in [2.45, 2.75) is 66.2 Å². The number of hydrogen-bond acceptors (Lipinski definition) is 0. The average Bonchev–Trinajstić information content (AvgIpc) is 3.51. The highest BCUT2D eigenvalue weighted by Crippen LogP contribution is 2.45. The van der Waals surface area contributed by atoms with Crippen LogP contribution in [-0.4, -0.2) is 9.52 Å². The molecule has 2 aliphatic rings. The van der Waals surface area contributed by atoms with Crippen LogP contribution in [0.2, 0.25) is 0 Å². The van der Waals surface area contributed by atoms with Gasteiger partial charge in [-0.25, -0.2) is 0 Å². The average molecular weight is 523 g/mol. The van der Waals surface area contributed by atoms with Crippen LogP contribution in [0.25, 0.3) is 34.4 Å². The molecule has 0 saturated heterocycles. The summed E-state index contributed by atoms with van der Waals surface area (Å²) >= 11 is 0. The van der Waals surface area contributed by atoms with Crippen LogP contribution < -0.4 is 0 Å². The van der Waals surface area contributed by atoms with Gasteiger partial charge in [-0.05, 0) is 107 Å². The number of aryl methyl sites for hydroxylation is 2. The van der Waals surface area contributed by atoms with Crippen LogP contribution in [0.15, 0.2) is 83.2 Å². The molecule has 0 amide bonds. The molecule has 0 fully saturated rings. The minimum Gasteiger partial charge on any atom is -0.0748 e. The monoisotopic (exact) mass is 522 g/mol. The minimum atomic E-state index is 0.534. The number of rotatable bonds is 7. The summed E-state index contributed by atoms with van der Waals surface area (Å²) < 4.78 is 0. The molecule has 4 aromatic rings. The van der Waals surface area contributed by atoms with Crippen molar-refractivity contribution >= 4 is 21.7 Å². The molecule has 6 rings (SSSR count). The number of allylic oxidation sites excluding steroid dienone is 2. The van der Waals surface area contributed by atoms with E-state index < -0.39 is 0 Å². The van der Waals surface area contributed by atoms with Crippen LogP contribution in [0.4, 0.5) is 0 Å². The van der Waals surface area contributed by atoms with Crippen LogP contribution in [0, 0.1) is 27.7 Å². The summed E-state index contributed by atoms with van der Waals surface area (Å²) in [5, 5.41) is 3.21. The third-order valence-corrected chi connectivity index (χ3v) is 10.5. The predicted molar refractivity (Wildman–Crippen MR) is 170 cm³/mol. The summed E-state index contributed by atoms with van der Waals surface area (Å²) in [6, 6.07) is 27.4. The molecule has 1 atom stereocenters. The van der Waals surface area contributed by atoms with Crippen molar-refractivity contribution in [3.05, 3.63) is 128 Å². The fourth-order valence-electron chi connectivity index (χ4n) is 6.50. The van der Waals surface area contributed by atoms with E-state index in [4.69, 9.17) is 0 Å². The van der Waals surface area contributed by atoms with Gasteiger partial charge in [0, 0.05) is 5.92 Å². The summed E-state index contributed by atoms with van der Waals surface area (Å²) in [4.78, 5) is 0. The van der Waals surface area contributed by atoms with Gasteiger partial charge in [-0.2, -0.15) is 0 Å².